The van der Waals surface area contributed by atoms with E-state index in [1.165, 1.54) is 6.08 Å². The van der Waals surface area contributed by atoms with E-state index in [-0.39, 0.29) is 18.1 Å². The van der Waals surface area contributed by atoms with Gasteiger partial charge in [0.05, 0.1) is 7.11 Å². The Labute approximate surface area is 133 Å². The second-order valence-electron chi connectivity index (χ2n) is 5.10. The van der Waals surface area contributed by atoms with Crippen molar-refractivity contribution in [1.29, 1.82) is 0 Å². The highest BCUT2D eigenvalue weighted by Gasteiger charge is 2.32. The van der Waals surface area contributed by atoms with Gasteiger partial charge in [0.15, 0.2) is 0 Å². The summed E-state index contributed by atoms with van der Waals surface area (Å²) < 4.78 is 5.40. The fourth-order valence-electron chi connectivity index (χ4n) is 2.61. The van der Waals surface area contributed by atoms with Gasteiger partial charge >= 0.3 is 6.03 Å². The van der Waals surface area contributed by atoms with Crippen molar-refractivity contribution in [2.45, 2.75) is 0 Å². The first-order chi connectivity index (χ1) is 11.2. The molecule has 3 rings (SSSR count). The van der Waals surface area contributed by atoms with E-state index in [2.05, 4.69) is 11.9 Å². The van der Waals surface area contributed by atoms with Gasteiger partial charge in [-0.1, -0.05) is 36.4 Å². The Morgan fingerprint density at radius 2 is 2.00 bits per heavy atom. The maximum atomic E-state index is 12.3. The zero-order chi connectivity index (χ0) is 16.4. The van der Waals surface area contributed by atoms with E-state index in [4.69, 9.17) is 4.74 Å². The van der Waals surface area contributed by atoms with E-state index in [9.17, 15) is 9.59 Å². The molecule has 5 heteroatoms. The minimum Gasteiger partial charge on any atom is -0.496 e. The molecule has 0 unspecified atom stereocenters. The summed E-state index contributed by atoms with van der Waals surface area (Å²) in [6.07, 6.45) is 3.17. The summed E-state index contributed by atoms with van der Waals surface area (Å²) in [5, 5.41) is 4.57. The molecular formula is C18H16N2O3. The molecular weight excluding hydrogens is 292 g/mol. The van der Waals surface area contributed by atoms with E-state index in [0.717, 1.165) is 21.2 Å². The molecule has 1 aliphatic rings. The van der Waals surface area contributed by atoms with Crippen molar-refractivity contribution in [2.24, 2.45) is 0 Å². The topological polar surface area (TPSA) is 58.6 Å². The number of carbonyl (C=O) groups is 2. The number of urea groups is 1. The number of nitrogens with one attached hydrogen (secondary N) is 1. The summed E-state index contributed by atoms with van der Waals surface area (Å²) in [6, 6.07) is 11.2. The van der Waals surface area contributed by atoms with Crippen molar-refractivity contribution < 1.29 is 14.3 Å². The third kappa shape index (κ3) is 2.57. The van der Waals surface area contributed by atoms with Crippen LogP contribution in [0.15, 0.2) is 54.8 Å². The van der Waals surface area contributed by atoms with Gasteiger partial charge in [0, 0.05) is 12.1 Å². The summed E-state index contributed by atoms with van der Waals surface area (Å²) in [4.78, 5) is 25.3. The van der Waals surface area contributed by atoms with Gasteiger partial charge < -0.3 is 10.1 Å². The first-order valence-electron chi connectivity index (χ1n) is 7.17. The number of rotatable bonds is 4. The fraction of sp³-hybridized carbons (Fsp3) is 0.111. The average molecular weight is 308 g/mol. The zero-order valence-electron chi connectivity index (χ0n) is 12.7. The normalized spacial score (nSPS) is 16.0. The molecule has 5 nitrogen and oxygen atoms in total. The van der Waals surface area contributed by atoms with Crippen LogP contribution in [0.3, 0.4) is 0 Å². The molecule has 0 radical (unpaired) electrons. The molecule has 0 aromatic heterocycles. The largest absolute Gasteiger partial charge is 0.496 e. The summed E-state index contributed by atoms with van der Waals surface area (Å²) in [6.45, 7) is 3.73. The molecule has 2 aromatic rings. The molecule has 0 bridgehead atoms. The Balaban J connectivity index is 2.12. The third-order valence-electron chi connectivity index (χ3n) is 3.71. The van der Waals surface area contributed by atoms with E-state index >= 15 is 0 Å². The van der Waals surface area contributed by atoms with Gasteiger partial charge in [-0.3, -0.25) is 9.69 Å². The standard InChI is InChI=1S/C18H16N2O3/c1-3-10-20-17(21)15(19-18(20)22)11-14-13-7-5-4-6-12(13)8-9-16(14)23-2/h3-9,11H,1,10H2,2H3,(H,19,22)/b15-11-. The molecule has 3 amide bonds. The minimum absolute atomic E-state index is 0.175. The maximum Gasteiger partial charge on any atom is 0.329 e. The maximum absolute atomic E-state index is 12.3. The number of hydrogen-bond acceptors (Lipinski definition) is 3. The quantitative estimate of drug-likeness (QED) is 0.537. The highest BCUT2D eigenvalue weighted by Crippen LogP contribution is 2.30. The molecule has 0 spiro atoms. The molecule has 1 N–H and O–H groups in total. The number of fused-ring (bicyclic) bond motifs is 1. The molecule has 2 aromatic carbocycles. The van der Waals surface area contributed by atoms with Crippen molar-refractivity contribution in [1.82, 2.24) is 10.2 Å². The van der Waals surface area contributed by atoms with Gasteiger partial charge in [0.2, 0.25) is 0 Å². The van der Waals surface area contributed by atoms with Crippen LogP contribution >= 0.6 is 0 Å². The molecule has 0 saturated carbocycles. The monoisotopic (exact) mass is 308 g/mol. The second kappa shape index (κ2) is 5.96. The number of hydrogen-bond donors (Lipinski definition) is 1. The molecule has 1 aliphatic heterocycles. The number of benzene rings is 2. The highest BCUT2D eigenvalue weighted by molar-refractivity contribution is 6.15. The predicted octanol–water partition coefficient (Wildman–Crippen LogP) is 2.93. The second-order valence-corrected chi connectivity index (χ2v) is 5.10. The first-order valence-corrected chi connectivity index (χ1v) is 7.17. The smallest absolute Gasteiger partial charge is 0.329 e. The number of amides is 3. The van der Waals surface area contributed by atoms with Crippen LogP contribution in [0.1, 0.15) is 5.56 Å². The Morgan fingerprint density at radius 3 is 2.74 bits per heavy atom. The van der Waals surface area contributed by atoms with Gasteiger partial charge in [-0.25, -0.2) is 4.79 Å². The van der Waals surface area contributed by atoms with Crippen LogP contribution in [0.4, 0.5) is 4.79 Å². The lowest BCUT2D eigenvalue weighted by Gasteiger charge is -2.10. The number of nitrogens with zero attached hydrogens (tertiary/aromatic N) is 1. The molecule has 1 saturated heterocycles. The van der Waals surface area contributed by atoms with Gasteiger partial charge in [0.25, 0.3) is 5.91 Å². The van der Waals surface area contributed by atoms with Gasteiger partial charge in [-0.05, 0) is 22.9 Å². The van der Waals surface area contributed by atoms with E-state index in [1.807, 2.05) is 36.4 Å². The molecule has 1 fully saturated rings. The van der Waals surface area contributed by atoms with Crippen molar-refractivity contribution in [3.63, 3.8) is 0 Å². The number of imide groups is 1. The van der Waals surface area contributed by atoms with Gasteiger partial charge in [0.1, 0.15) is 11.4 Å². The summed E-state index contributed by atoms with van der Waals surface area (Å²) >= 11 is 0. The van der Waals surface area contributed by atoms with Crippen LogP contribution in [-0.4, -0.2) is 30.5 Å². The summed E-state index contributed by atoms with van der Waals surface area (Å²) in [5.74, 6) is 0.269. The lowest BCUT2D eigenvalue weighted by molar-refractivity contribution is -0.122. The van der Waals surface area contributed by atoms with Crippen LogP contribution in [0.2, 0.25) is 0 Å². The summed E-state index contributed by atoms with van der Waals surface area (Å²) in [7, 11) is 1.57. The molecule has 0 atom stereocenters. The zero-order valence-corrected chi connectivity index (χ0v) is 12.7. The average Bonchev–Trinajstić information content (AvgIpc) is 2.83. The molecule has 1 heterocycles. The van der Waals surface area contributed by atoms with Crippen LogP contribution in [-0.2, 0) is 4.79 Å². The SMILES string of the molecule is C=CCN1C(=O)N/C(=C\c2c(OC)ccc3ccccc23)C1=O. The van der Waals surface area contributed by atoms with Crippen molar-refractivity contribution in [3.05, 3.63) is 60.3 Å². The lowest BCUT2D eigenvalue weighted by Crippen LogP contribution is -2.30. The van der Waals surface area contributed by atoms with E-state index in [1.54, 1.807) is 13.2 Å². The van der Waals surface area contributed by atoms with Crippen LogP contribution in [0.25, 0.3) is 16.8 Å². The Bertz CT molecular complexity index is 839. The number of carbonyl (C=O) groups excluding carboxylic acids is 2. The van der Waals surface area contributed by atoms with E-state index < -0.39 is 6.03 Å². The molecule has 116 valence electrons. The van der Waals surface area contributed by atoms with E-state index in [0.29, 0.717) is 5.75 Å². The highest BCUT2D eigenvalue weighted by atomic mass is 16.5. The third-order valence-corrected chi connectivity index (χ3v) is 3.71. The Hall–Kier alpha value is -3.08. The predicted molar refractivity (Wildman–Crippen MR) is 88.9 cm³/mol. The first kappa shape index (κ1) is 14.8. The van der Waals surface area contributed by atoms with Crippen LogP contribution in [0.5, 0.6) is 5.75 Å². The summed E-state index contributed by atoms with van der Waals surface area (Å²) in [5.41, 5.74) is 0.987. The Morgan fingerprint density at radius 1 is 1.22 bits per heavy atom. The van der Waals surface area contributed by atoms with Crippen LogP contribution < -0.4 is 10.1 Å². The number of methoxy groups -OCH3 is 1. The Kier molecular flexibility index (Phi) is 3.85. The fourth-order valence-corrected chi connectivity index (χ4v) is 2.61. The number of ether oxygens (including phenoxy) is 1. The van der Waals surface area contributed by atoms with Gasteiger partial charge in [-0.15, -0.1) is 6.58 Å². The minimum atomic E-state index is -0.444. The molecule has 23 heavy (non-hydrogen) atoms. The van der Waals surface area contributed by atoms with Crippen molar-refractivity contribution in [3.8, 4) is 5.75 Å². The van der Waals surface area contributed by atoms with Gasteiger partial charge in [-0.2, -0.15) is 0 Å². The van der Waals surface area contributed by atoms with Crippen molar-refractivity contribution in [2.75, 3.05) is 13.7 Å². The molecule has 0 aliphatic carbocycles. The van der Waals surface area contributed by atoms with Crippen LogP contribution in [0, 0.1) is 0 Å². The van der Waals surface area contributed by atoms with Crippen molar-refractivity contribution >= 4 is 28.8 Å². The lowest BCUT2D eigenvalue weighted by atomic mass is 10.0.